The zero-order valence-corrected chi connectivity index (χ0v) is 13.5. The van der Waals surface area contributed by atoms with Crippen molar-refractivity contribution >= 4 is 17.5 Å². The number of aromatic amines is 1. The van der Waals surface area contributed by atoms with Crippen LogP contribution in [0.4, 0.5) is 5.69 Å². The van der Waals surface area contributed by atoms with Gasteiger partial charge in [-0.25, -0.2) is 0 Å². The average molecular weight is 313 g/mol. The lowest BCUT2D eigenvalue weighted by Gasteiger charge is -2.34. The number of anilines is 1. The molecule has 0 saturated carbocycles. The highest BCUT2D eigenvalue weighted by Crippen LogP contribution is 2.21. The number of rotatable bonds is 2. The molecule has 2 aromatic rings. The summed E-state index contributed by atoms with van der Waals surface area (Å²) in [6.07, 6.45) is 0. The summed E-state index contributed by atoms with van der Waals surface area (Å²) in [7, 11) is 0. The zero-order valence-electron chi connectivity index (χ0n) is 13.5. The van der Waals surface area contributed by atoms with Gasteiger partial charge in [0.15, 0.2) is 5.69 Å². The SMILES string of the molecule is Cc1cc(C)cc(N2CCN(C(=O)c3n[nH]nc3C)CC2=O)c1. The van der Waals surface area contributed by atoms with Crippen LogP contribution in [0.5, 0.6) is 0 Å². The Labute approximate surface area is 134 Å². The number of aryl methyl sites for hydroxylation is 3. The molecule has 1 aromatic carbocycles. The molecule has 1 aromatic heterocycles. The van der Waals surface area contributed by atoms with E-state index >= 15 is 0 Å². The number of carbonyl (C=O) groups excluding carboxylic acids is 2. The van der Waals surface area contributed by atoms with Crippen LogP contribution in [-0.2, 0) is 4.79 Å². The van der Waals surface area contributed by atoms with Crippen molar-refractivity contribution in [3.05, 3.63) is 40.7 Å². The minimum absolute atomic E-state index is 0.0537. The second kappa shape index (κ2) is 5.83. The maximum Gasteiger partial charge on any atom is 0.276 e. The van der Waals surface area contributed by atoms with Gasteiger partial charge in [-0.3, -0.25) is 9.59 Å². The molecule has 120 valence electrons. The number of carbonyl (C=O) groups is 2. The fourth-order valence-corrected chi connectivity index (χ4v) is 2.86. The van der Waals surface area contributed by atoms with Gasteiger partial charge in [0.05, 0.1) is 5.69 Å². The molecular formula is C16H19N5O2. The van der Waals surface area contributed by atoms with E-state index < -0.39 is 0 Å². The van der Waals surface area contributed by atoms with E-state index in [0.29, 0.717) is 18.8 Å². The largest absolute Gasteiger partial charge is 0.326 e. The summed E-state index contributed by atoms with van der Waals surface area (Å²) >= 11 is 0. The number of nitrogens with one attached hydrogen (secondary N) is 1. The molecular weight excluding hydrogens is 294 g/mol. The van der Waals surface area contributed by atoms with Gasteiger partial charge in [0.2, 0.25) is 5.91 Å². The first-order valence-electron chi connectivity index (χ1n) is 7.51. The third-order valence-electron chi connectivity index (χ3n) is 3.95. The molecule has 2 heterocycles. The molecule has 1 saturated heterocycles. The lowest BCUT2D eigenvalue weighted by atomic mass is 10.1. The lowest BCUT2D eigenvalue weighted by molar-refractivity contribution is -0.120. The van der Waals surface area contributed by atoms with E-state index in [9.17, 15) is 9.59 Å². The van der Waals surface area contributed by atoms with Crippen molar-refractivity contribution in [3.8, 4) is 0 Å². The Morgan fingerprint density at radius 3 is 2.35 bits per heavy atom. The molecule has 1 aliphatic heterocycles. The monoisotopic (exact) mass is 313 g/mol. The lowest BCUT2D eigenvalue weighted by Crippen LogP contribution is -2.52. The first-order chi connectivity index (χ1) is 11.0. The Balaban J connectivity index is 1.76. The number of H-pyrrole nitrogens is 1. The maximum absolute atomic E-state index is 12.5. The first kappa shape index (κ1) is 15.2. The predicted molar refractivity (Wildman–Crippen MR) is 85.3 cm³/mol. The van der Waals surface area contributed by atoms with Crippen LogP contribution in [0.1, 0.15) is 27.3 Å². The molecule has 2 amide bonds. The topological polar surface area (TPSA) is 82.2 Å². The first-order valence-corrected chi connectivity index (χ1v) is 7.51. The van der Waals surface area contributed by atoms with Gasteiger partial charge >= 0.3 is 0 Å². The summed E-state index contributed by atoms with van der Waals surface area (Å²) in [5, 5.41) is 10.2. The number of aromatic nitrogens is 3. The number of piperazine rings is 1. The van der Waals surface area contributed by atoms with Crippen LogP contribution >= 0.6 is 0 Å². The van der Waals surface area contributed by atoms with E-state index in [1.165, 1.54) is 4.90 Å². The van der Waals surface area contributed by atoms with Gasteiger partial charge < -0.3 is 9.80 Å². The van der Waals surface area contributed by atoms with Gasteiger partial charge in [-0.05, 0) is 44.0 Å². The molecule has 0 spiro atoms. The molecule has 1 N–H and O–H groups in total. The Morgan fingerprint density at radius 2 is 1.78 bits per heavy atom. The molecule has 0 atom stereocenters. The molecule has 1 aliphatic rings. The average Bonchev–Trinajstić information content (AvgIpc) is 2.91. The minimum Gasteiger partial charge on any atom is -0.326 e. The molecule has 7 nitrogen and oxygen atoms in total. The van der Waals surface area contributed by atoms with Crippen LogP contribution in [-0.4, -0.2) is 51.8 Å². The zero-order chi connectivity index (χ0) is 16.6. The standard InChI is InChI=1S/C16H19N5O2/c1-10-6-11(2)8-13(7-10)21-5-4-20(9-14(21)22)16(23)15-12(3)17-19-18-15/h6-8H,4-5,9H2,1-3H3,(H,17,18,19). The molecule has 7 heteroatoms. The molecule has 23 heavy (non-hydrogen) atoms. The second-order valence-corrected chi connectivity index (χ2v) is 5.88. The molecule has 0 radical (unpaired) electrons. The van der Waals surface area contributed by atoms with Crippen molar-refractivity contribution in [1.82, 2.24) is 20.3 Å². The number of hydrogen-bond donors (Lipinski definition) is 1. The summed E-state index contributed by atoms with van der Waals surface area (Å²) in [5.74, 6) is -0.347. The maximum atomic E-state index is 12.5. The molecule has 0 unspecified atom stereocenters. The summed E-state index contributed by atoms with van der Waals surface area (Å²) in [5.41, 5.74) is 3.93. The normalized spacial score (nSPS) is 15.2. The number of nitrogens with zero attached hydrogens (tertiary/aromatic N) is 4. The van der Waals surface area contributed by atoms with Crippen LogP contribution < -0.4 is 4.90 Å². The molecule has 1 fully saturated rings. The van der Waals surface area contributed by atoms with Gasteiger partial charge in [0.25, 0.3) is 5.91 Å². The van der Waals surface area contributed by atoms with Crippen molar-refractivity contribution in [1.29, 1.82) is 0 Å². The van der Waals surface area contributed by atoms with Crippen molar-refractivity contribution < 1.29 is 9.59 Å². The highest BCUT2D eigenvalue weighted by Gasteiger charge is 2.30. The fourth-order valence-electron chi connectivity index (χ4n) is 2.86. The summed E-state index contributed by atoms with van der Waals surface area (Å²) in [4.78, 5) is 28.1. The number of benzene rings is 1. The van der Waals surface area contributed by atoms with E-state index in [2.05, 4.69) is 21.5 Å². The van der Waals surface area contributed by atoms with E-state index in [1.54, 1.807) is 11.8 Å². The third-order valence-corrected chi connectivity index (χ3v) is 3.95. The van der Waals surface area contributed by atoms with E-state index in [0.717, 1.165) is 16.8 Å². The van der Waals surface area contributed by atoms with Crippen molar-refractivity contribution in [2.45, 2.75) is 20.8 Å². The van der Waals surface area contributed by atoms with Crippen molar-refractivity contribution in [3.63, 3.8) is 0 Å². The van der Waals surface area contributed by atoms with Gasteiger partial charge in [0, 0.05) is 18.8 Å². The molecule has 3 rings (SSSR count). The van der Waals surface area contributed by atoms with E-state index in [4.69, 9.17) is 0 Å². The van der Waals surface area contributed by atoms with E-state index in [1.807, 2.05) is 26.0 Å². The Hall–Kier alpha value is -2.70. The van der Waals surface area contributed by atoms with E-state index in [-0.39, 0.29) is 24.1 Å². The van der Waals surface area contributed by atoms with Crippen LogP contribution in [0.2, 0.25) is 0 Å². The second-order valence-electron chi connectivity index (χ2n) is 5.88. The third kappa shape index (κ3) is 2.94. The van der Waals surface area contributed by atoms with Gasteiger partial charge in [-0.2, -0.15) is 15.4 Å². The molecule has 0 aliphatic carbocycles. The quantitative estimate of drug-likeness (QED) is 0.903. The van der Waals surface area contributed by atoms with Gasteiger partial charge in [-0.15, -0.1) is 0 Å². The number of amides is 2. The summed E-state index contributed by atoms with van der Waals surface area (Å²) in [6, 6.07) is 6.05. The van der Waals surface area contributed by atoms with Crippen LogP contribution in [0.15, 0.2) is 18.2 Å². The highest BCUT2D eigenvalue weighted by atomic mass is 16.2. The van der Waals surface area contributed by atoms with Crippen molar-refractivity contribution in [2.24, 2.45) is 0 Å². The highest BCUT2D eigenvalue weighted by molar-refractivity contribution is 6.01. The molecule has 0 bridgehead atoms. The Morgan fingerprint density at radius 1 is 1.09 bits per heavy atom. The van der Waals surface area contributed by atoms with Crippen LogP contribution in [0, 0.1) is 20.8 Å². The van der Waals surface area contributed by atoms with Crippen LogP contribution in [0.3, 0.4) is 0 Å². The Kier molecular flexibility index (Phi) is 3.85. The fraction of sp³-hybridized carbons (Fsp3) is 0.375. The predicted octanol–water partition coefficient (Wildman–Crippen LogP) is 1.22. The van der Waals surface area contributed by atoms with Crippen LogP contribution in [0.25, 0.3) is 0 Å². The minimum atomic E-state index is -0.260. The number of hydrogen-bond acceptors (Lipinski definition) is 4. The summed E-state index contributed by atoms with van der Waals surface area (Å²) < 4.78 is 0. The van der Waals surface area contributed by atoms with Gasteiger partial charge in [0.1, 0.15) is 6.54 Å². The van der Waals surface area contributed by atoms with Gasteiger partial charge in [-0.1, -0.05) is 6.07 Å². The smallest absolute Gasteiger partial charge is 0.276 e. The van der Waals surface area contributed by atoms with Crippen molar-refractivity contribution in [2.75, 3.05) is 24.5 Å². The Bertz CT molecular complexity index is 747. The summed E-state index contributed by atoms with van der Waals surface area (Å²) in [6.45, 7) is 6.74.